The van der Waals surface area contributed by atoms with Gasteiger partial charge in [-0.1, -0.05) is 12.1 Å². The van der Waals surface area contributed by atoms with E-state index in [0.717, 1.165) is 5.56 Å². The molecule has 0 aliphatic heterocycles. The number of hydrogen-bond acceptors (Lipinski definition) is 2. The number of aromatic nitrogens is 1. The lowest BCUT2D eigenvalue weighted by Crippen LogP contribution is -1.97. The van der Waals surface area contributed by atoms with Crippen LogP contribution in [0.15, 0.2) is 24.4 Å². The second-order valence-corrected chi connectivity index (χ2v) is 3.60. The van der Waals surface area contributed by atoms with Crippen molar-refractivity contribution in [2.24, 2.45) is 12.9 Å². The van der Waals surface area contributed by atoms with Gasteiger partial charge in [-0.3, -0.25) is 4.84 Å². The zero-order valence-electron chi connectivity index (χ0n) is 8.45. The summed E-state index contributed by atoms with van der Waals surface area (Å²) in [5.41, 5.74) is 3.61. The van der Waals surface area contributed by atoms with Gasteiger partial charge in [-0.05, 0) is 18.6 Å². The normalized spacial score (nSPS) is 11.1. The number of benzene rings is 1. The first-order valence-corrected chi connectivity index (χ1v) is 4.58. The second-order valence-electron chi connectivity index (χ2n) is 3.60. The molecule has 0 saturated carbocycles. The van der Waals surface area contributed by atoms with E-state index in [0.29, 0.717) is 6.61 Å². The van der Waals surface area contributed by atoms with E-state index in [1.807, 2.05) is 7.05 Å². The van der Waals surface area contributed by atoms with E-state index in [1.165, 1.54) is 16.5 Å². The summed E-state index contributed by atoms with van der Waals surface area (Å²) in [4.78, 5) is 4.67. The van der Waals surface area contributed by atoms with Crippen LogP contribution in [0, 0.1) is 6.92 Å². The van der Waals surface area contributed by atoms with Crippen LogP contribution in [0.25, 0.3) is 10.9 Å². The van der Waals surface area contributed by atoms with Crippen LogP contribution < -0.4 is 5.90 Å². The van der Waals surface area contributed by atoms with E-state index < -0.39 is 0 Å². The van der Waals surface area contributed by atoms with E-state index in [9.17, 15) is 0 Å². The third kappa shape index (κ3) is 1.41. The van der Waals surface area contributed by atoms with E-state index in [2.05, 4.69) is 40.7 Å². The highest BCUT2D eigenvalue weighted by molar-refractivity contribution is 5.84. The van der Waals surface area contributed by atoms with Crippen LogP contribution in [-0.2, 0) is 18.5 Å². The molecule has 2 aromatic rings. The molecule has 1 aromatic heterocycles. The standard InChI is InChI=1S/C11H14N2O/c1-8-3-4-10-9(7-14-12)6-13(2)11(10)5-8/h3-6H,7,12H2,1-2H3. The number of hydrogen-bond donors (Lipinski definition) is 1. The molecule has 0 unspecified atom stereocenters. The van der Waals surface area contributed by atoms with Gasteiger partial charge in [-0.25, -0.2) is 5.90 Å². The van der Waals surface area contributed by atoms with Gasteiger partial charge in [0.15, 0.2) is 0 Å². The molecule has 1 aromatic carbocycles. The third-order valence-electron chi connectivity index (χ3n) is 2.47. The van der Waals surface area contributed by atoms with Crippen molar-refractivity contribution in [3.8, 4) is 0 Å². The molecule has 3 heteroatoms. The average molecular weight is 190 g/mol. The van der Waals surface area contributed by atoms with Crippen molar-refractivity contribution in [2.75, 3.05) is 0 Å². The molecule has 0 radical (unpaired) electrons. The fraction of sp³-hybridized carbons (Fsp3) is 0.273. The lowest BCUT2D eigenvalue weighted by atomic mass is 10.1. The molecule has 74 valence electrons. The predicted molar refractivity (Wildman–Crippen MR) is 56.6 cm³/mol. The van der Waals surface area contributed by atoms with Crippen molar-refractivity contribution >= 4 is 10.9 Å². The Balaban J connectivity index is 2.65. The van der Waals surface area contributed by atoms with Crippen LogP contribution in [0.2, 0.25) is 0 Å². The molecule has 0 aliphatic carbocycles. The Morgan fingerprint density at radius 2 is 2.21 bits per heavy atom. The van der Waals surface area contributed by atoms with Crippen molar-refractivity contribution < 1.29 is 4.84 Å². The minimum Gasteiger partial charge on any atom is -0.350 e. The number of fused-ring (bicyclic) bond motifs is 1. The highest BCUT2D eigenvalue weighted by atomic mass is 16.6. The summed E-state index contributed by atoms with van der Waals surface area (Å²) in [7, 11) is 2.03. The molecule has 3 nitrogen and oxygen atoms in total. The first-order chi connectivity index (χ1) is 6.72. The largest absolute Gasteiger partial charge is 0.350 e. The Hall–Kier alpha value is -1.32. The Labute approximate surface area is 83.0 Å². The minimum atomic E-state index is 0.459. The topological polar surface area (TPSA) is 40.2 Å². The maximum Gasteiger partial charge on any atom is 0.0950 e. The zero-order valence-corrected chi connectivity index (χ0v) is 8.45. The van der Waals surface area contributed by atoms with Gasteiger partial charge < -0.3 is 4.57 Å². The predicted octanol–water partition coefficient (Wildman–Crippen LogP) is 1.88. The van der Waals surface area contributed by atoms with Crippen LogP contribution in [-0.4, -0.2) is 4.57 Å². The zero-order chi connectivity index (χ0) is 10.1. The van der Waals surface area contributed by atoms with Crippen molar-refractivity contribution in [1.29, 1.82) is 0 Å². The number of rotatable bonds is 2. The quantitative estimate of drug-likeness (QED) is 0.734. The van der Waals surface area contributed by atoms with Crippen molar-refractivity contribution in [3.05, 3.63) is 35.5 Å². The van der Waals surface area contributed by atoms with Crippen LogP contribution in [0.3, 0.4) is 0 Å². The van der Waals surface area contributed by atoms with Gasteiger partial charge in [-0.2, -0.15) is 0 Å². The highest BCUT2D eigenvalue weighted by Gasteiger charge is 2.05. The van der Waals surface area contributed by atoms with Crippen molar-refractivity contribution in [1.82, 2.24) is 4.57 Å². The molecule has 0 bridgehead atoms. The van der Waals surface area contributed by atoms with Crippen LogP contribution >= 0.6 is 0 Å². The molecule has 2 N–H and O–H groups in total. The van der Waals surface area contributed by atoms with Gasteiger partial charge in [-0.15, -0.1) is 0 Å². The van der Waals surface area contributed by atoms with Gasteiger partial charge in [0.05, 0.1) is 6.61 Å². The monoisotopic (exact) mass is 190 g/mol. The summed E-state index contributed by atoms with van der Waals surface area (Å²) in [5.74, 6) is 5.08. The van der Waals surface area contributed by atoms with Gasteiger partial charge in [0, 0.05) is 29.7 Å². The molecule has 0 spiro atoms. The fourth-order valence-electron chi connectivity index (χ4n) is 1.78. The van der Waals surface area contributed by atoms with Crippen molar-refractivity contribution in [2.45, 2.75) is 13.5 Å². The first-order valence-electron chi connectivity index (χ1n) is 4.58. The fourth-order valence-corrected chi connectivity index (χ4v) is 1.78. The van der Waals surface area contributed by atoms with E-state index in [4.69, 9.17) is 5.90 Å². The Bertz CT molecular complexity index is 460. The Morgan fingerprint density at radius 3 is 2.93 bits per heavy atom. The highest BCUT2D eigenvalue weighted by Crippen LogP contribution is 2.21. The van der Waals surface area contributed by atoms with Gasteiger partial charge in [0.1, 0.15) is 0 Å². The molecule has 14 heavy (non-hydrogen) atoms. The summed E-state index contributed by atoms with van der Waals surface area (Å²) in [6.07, 6.45) is 2.05. The second kappa shape index (κ2) is 3.44. The lowest BCUT2D eigenvalue weighted by Gasteiger charge is -1.98. The number of nitrogens with two attached hydrogens (primary N) is 1. The number of nitrogens with zero attached hydrogens (tertiary/aromatic N) is 1. The van der Waals surface area contributed by atoms with Crippen LogP contribution in [0.1, 0.15) is 11.1 Å². The van der Waals surface area contributed by atoms with Gasteiger partial charge in [0.2, 0.25) is 0 Å². The summed E-state index contributed by atoms with van der Waals surface area (Å²) < 4.78 is 2.09. The SMILES string of the molecule is Cc1ccc2c(CON)cn(C)c2c1. The first kappa shape index (κ1) is 9.24. The number of aryl methyl sites for hydroxylation is 2. The van der Waals surface area contributed by atoms with Crippen LogP contribution in [0.5, 0.6) is 0 Å². The summed E-state index contributed by atoms with van der Waals surface area (Å²) in [5, 5.41) is 1.21. The summed E-state index contributed by atoms with van der Waals surface area (Å²) in [6, 6.07) is 6.37. The van der Waals surface area contributed by atoms with Crippen molar-refractivity contribution in [3.63, 3.8) is 0 Å². The summed E-state index contributed by atoms with van der Waals surface area (Å²) in [6.45, 7) is 2.55. The summed E-state index contributed by atoms with van der Waals surface area (Å²) >= 11 is 0. The minimum absolute atomic E-state index is 0.459. The Kier molecular flexibility index (Phi) is 2.27. The molecule has 0 fully saturated rings. The van der Waals surface area contributed by atoms with Gasteiger partial charge >= 0.3 is 0 Å². The molecule has 0 saturated heterocycles. The molecule has 0 amide bonds. The molecule has 2 rings (SSSR count). The maximum atomic E-state index is 5.08. The van der Waals surface area contributed by atoms with Crippen LogP contribution in [0.4, 0.5) is 0 Å². The molecule has 1 heterocycles. The van der Waals surface area contributed by atoms with E-state index >= 15 is 0 Å². The molecular weight excluding hydrogens is 176 g/mol. The molecular formula is C11H14N2O. The lowest BCUT2D eigenvalue weighted by molar-refractivity contribution is 0.125. The van der Waals surface area contributed by atoms with E-state index in [-0.39, 0.29) is 0 Å². The molecule has 0 aliphatic rings. The maximum absolute atomic E-state index is 5.08. The third-order valence-corrected chi connectivity index (χ3v) is 2.47. The average Bonchev–Trinajstić information content (AvgIpc) is 2.44. The Morgan fingerprint density at radius 1 is 1.43 bits per heavy atom. The van der Waals surface area contributed by atoms with E-state index in [1.54, 1.807) is 0 Å². The smallest absolute Gasteiger partial charge is 0.0950 e. The van der Waals surface area contributed by atoms with Gasteiger partial charge in [0.25, 0.3) is 0 Å². The molecule has 0 atom stereocenters.